The molecule has 0 spiro atoms. The first-order valence-corrected chi connectivity index (χ1v) is 5.66. The van der Waals surface area contributed by atoms with Crippen molar-refractivity contribution in [2.45, 2.75) is 26.4 Å². The van der Waals surface area contributed by atoms with Gasteiger partial charge in [-0.2, -0.15) is 0 Å². The summed E-state index contributed by atoms with van der Waals surface area (Å²) in [6.45, 7) is 5.39. The Morgan fingerprint density at radius 3 is 2.17 bits per heavy atom. The van der Waals surface area contributed by atoms with E-state index in [-0.39, 0.29) is 13.1 Å². The number of carbonyl (C=O) groups excluding carboxylic acids is 2. The Morgan fingerprint density at radius 2 is 1.72 bits per heavy atom. The minimum atomic E-state index is -1.07. The zero-order valence-electron chi connectivity index (χ0n) is 10.8. The average molecular weight is 258 g/mol. The Kier molecular flexibility index (Phi) is 4.15. The van der Waals surface area contributed by atoms with Gasteiger partial charge in [0.25, 0.3) is 0 Å². The molecule has 1 rings (SSSR count). The van der Waals surface area contributed by atoms with Crippen LogP contribution in [0.3, 0.4) is 0 Å². The van der Waals surface area contributed by atoms with Gasteiger partial charge in [-0.25, -0.2) is 4.79 Å². The van der Waals surface area contributed by atoms with Crippen LogP contribution in [-0.4, -0.2) is 64.7 Å². The number of esters is 1. The molecule has 18 heavy (non-hydrogen) atoms. The standard InChI is InChI=1S/C11H18N2O5/c1-11(2,3)18-9(16)7-13-5-4-12(10(13)17)6-8(14)15/h4-7H2,1-3H3,(H,14,15). The number of nitrogens with zero attached hydrogens (tertiary/aromatic N) is 2. The minimum absolute atomic E-state index is 0.147. The minimum Gasteiger partial charge on any atom is -0.480 e. The quantitative estimate of drug-likeness (QED) is 0.725. The number of urea groups is 1. The zero-order chi connectivity index (χ0) is 13.9. The number of carbonyl (C=O) groups is 3. The van der Waals surface area contributed by atoms with Crippen LogP contribution in [0.1, 0.15) is 20.8 Å². The van der Waals surface area contributed by atoms with Crippen molar-refractivity contribution < 1.29 is 24.2 Å². The summed E-state index contributed by atoms with van der Waals surface area (Å²) in [5.41, 5.74) is -0.597. The smallest absolute Gasteiger partial charge is 0.326 e. The van der Waals surface area contributed by atoms with Crippen LogP contribution < -0.4 is 0 Å². The highest BCUT2D eigenvalue weighted by Gasteiger charge is 2.32. The van der Waals surface area contributed by atoms with Gasteiger partial charge in [-0.3, -0.25) is 9.59 Å². The lowest BCUT2D eigenvalue weighted by atomic mass is 10.2. The third kappa shape index (κ3) is 4.23. The van der Waals surface area contributed by atoms with Gasteiger partial charge in [-0.15, -0.1) is 0 Å². The monoisotopic (exact) mass is 258 g/mol. The summed E-state index contributed by atoms with van der Waals surface area (Å²) >= 11 is 0. The van der Waals surface area contributed by atoms with Crippen LogP contribution in [0.15, 0.2) is 0 Å². The second-order valence-corrected chi connectivity index (χ2v) is 5.11. The van der Waals surface area contributed by atoms with E-state index in [9.17, 15) is 14.4 Å². The molecular weight excluding hydrogens is 240 g/mol. The first kappa shape index (κ1) is 14.3. The molecule has 0 atom stereocenters. The molecule has 0 unspecified atom stereocenters. The molecule has 0 radical (unpaired) electrons. The van der Waals surface area contributed by atoms with Crippen LogP contribution >= 0.6 is 0 Å². The molecule has 102 valence electrons. The molecule has 0 aliphatic carbocycles. The normalized spacial score (nSPS) is 16.1. The van der Waals surface area contributed by atoms with Crippen molar-refractivity contribution in [3.8, 4) is 0 Å². The molecular formula is C11H18N2O5. The highest BCUT2D eigenvalue weighted by Crippen LogP contribution is 2.11. The number of hydrogen-bond donors (Lipinski definition) is 1. The molecule has 0 aromatic carbocycles. The molecule has 1 aliphatic rings. The lowest BCUT2D eigenvalue weighted by Crippen LogP contribution is -2.39. The van der Waals surface area contributed by atoms with E-state index in [0.717, 1.165) is 0 Å². The summed E-state index contributed by atoms with van der Waals surface area (Å²) < 4.78 is 5.10. The van der Waals surface area contributed by atoms with Crippen molar-refractivity contribution >= 4 is 18.0 Å². The maximum atomic E-state index is 11.7. The second-order valence-electron chi connectivity index (χ2n) is 5.11. The van der Waals surface area contributed by atoms with Crippen molar-refractivity contribution in [1.29, 1.82) is 0 Å². The molecule has 7 heteroatoms. The SMILES string of the molecule is CC(C)(C)OC(=O)CN1CCN(CC(=O)O)C1=O. The van der Waals surface area contributed by atoms with Crippen molar-refractivity contribution in [2.75, 3.05) is 26.2 Å². The lowest BCUT2D eigenvalue weighted by Gasteiger charge is -2.22. The van der Waals surface area contributed by atoms with Gasteiger partial charge in [-0.05, 0) is 20.8 Å². The summed E-state index contributed by atoms with van der Waals surface area (Å²) in [4.78, 5) is 36.3. The second kappa shape index (κ2) is 5.24. The molecule has 1 N–H and O–H groups in total. The van der Waals surface area contributed by atoms with Gasteiger partial charge < -0.3 is 19.6 Å². The number of carboxylic acids is 1. The van der Waals surface area contributed by atoms with Gasteiger partial charge in [0.15, 0.2) is 0 Å². The van der Waals surface area contributed by atoms with Crippen molar-refractivity contribution in [3.05, 3.63) is 0 Å². The number of hydrogen-bond acceptors (Lipinski definition) is 4. The Labute approximate surface area is 105 Å². The molecule has 1 fully saturated rings. The van der Waals surface area contributed by atoms with Crippen molar-refractivity contribution in [2.24, 2.45) is 0 Å². The summed E-state index contributed by atoms with van der Waals surface area (Å²) in [6.07, 6.45) is 0. The van der Waals surface area contributed by atoms with E-state index in [2.05, 4.69) is 0 Å². The predicted octanol–water partition coefficient (Wildman–Crippen LogP) is 0.150. The Balaban J connectivity index is 2.48. The van der Waals surface area contributed by atoms with E-state index in [1.165, 1.54) is 9.80 Å². The van der Waals surface area contributed by atoms with E-state index in [1.54, 1.807) is 20.8 Å². The lowest BCUT2D eigenvalue weighted by molar-refractivity contribution is -0.155. The van der Waals surface area contributed by atoms with Gasteiger partial charge >= 0.3 is 18.0 Å². The fourth-order valence-corrected chi connectivity index (χ4v) is 1.62. The van der Waals surface area contributed by atoms with Crippen LogP contribution in [0.5, 0.6) is 0 Å². The number of aliphatic carboxylic acids is 1. The van der Waals surface area contributed by atoms with E-state index >= 15 is 0 Å². The maximum Gasteiger partial charge on any atom is 0.326 e. The fraction of sp³-hybridized carbons (Fsp3) is 0.727. The van der Waals surface area contributed by atoms with Gasteiger partial charge in [0.2, 0.25) is 0 Å². The summed E-state index contributed by atoms with van der Waals surface area (Å²) in [5.74, 6) is -1.56. The molecule has 7 nitrogen and oxygen atoms in total. The molecule has 2 amide bonds. The van der Waals surface area contributed by atoms with Gasteiger partial charge in [0, 0.05) is 13.1 Å². The number of amides is 2. The van der Waals surface area contributed by atoms with E-state index < -0.39 is 23.6 Å². The number of rotatable bonds is 4. The Bertz CT molecular complexity index is 361. The van der Waals surface area contributed by atoms with E-state index in [4.69, 9.17) is 9.84 Å². The first-order valence-electron chi connectivity index (χ1n) is 5.66. The van der Waals surface area contributed by atoms with E-state index in [0.29, 0.717) is 13.1 Å². The number of carboxylic acid groups (broad SMARTS) is 1. The molecule has 0 aromatic heterocycles. The largest absolute Gasteiger partial charge is 0.480 e. The average Bonchev–Trinajstić information content (AvgIpc) is 2.46. The molecule has 1 saturated heterocycles. The van der Waals surface area contributed by atoms with Crippen LogP contribution in [0.25, 0.3) is 0 Å². The number of ether oxygens (including phenoxy) is 1. The van der Waals surface area contributed by atoms with Gasteiger partial charge in [0.05, 0.1) is 0 Å². The summed E-state index contributed by atoms with van der Waals surface area (Å²) in [5, 5.41) is 8.61. The summed E-state index contributed by atoms with van der Waals surface area (Å²) in [6, 6.07) is -0.441. The Morgan fingerprint density at radius 1 is 1.22 bits per heavy atom. The molecule has 0 bridgehead atoms. The van der Waals surface area contributed by atoms with Gasteiger partial charge in [0.1, 0.15) is 18.7 Å². The highest BCUT2D eigenvalue weighted by atomic mass is 16.6. The van der Waals surface area contributed by atoms with Gasteiger partial charge in [-0.1, -0.05) is 0 Å². The van der Waals surface area contributed by atoms with Crippen LogP contribution in [0.2, 0.25) is 0 Å². The Hall–Kier alpha value is -1.79. The van der Waals surface area contributed by atoms with Crippen molar-refractivity contribution in [1.82, 2.24) is 9.80 Å². The first-order chi connectivity index (χ1) is 8.19. The van der Waals surface area contributed by atoms with Crippen LogP contribution in [-0.2, 0) is 14.3 Å². The topological polar surface area (TPSA) is 87.2 Å². The maximum absolute atomic E-state index is 11.7. The van der Waals surface area contributed by atoms with Crippen molar-refractivity contribution in [3.63, 3.8) is 0 Å². The fourth-order valence-electron chi connectivity index (χ4n) is 1.62. The molecule has 0 aromatic rings. The van der Waals surface area contributed by atoms with Crippen LogP contribution in [0.4, 0.5) is 4.79 Å². The third-order valence-corrected chi connectivity index (χ3v) is 2.25. The molecule has 1 heterocycles. The van der Waals surface area contributed by atoms with E-state index in [1.807, 2.05) is 0 Å². The predicted molar refractivity (Wildman–Crippen MR) is 62.0 cm³/mol. The molecule has 0 saturated carbocycles. The molecule has 1 aliphatic heterocycles. The van der Waals surface area contributed by atoms with Crippen LogP contribution in [0, 0.1) is 0 Å². The third-order valence-electron chi connectivity index (χ3n) is 2.25. The summed E-state index contributed by atoms with van der Waals surface area (Å²) in [7, 11) is 0. The highest BCUT2D eigenvalue weighted by molar-refractivity contribution is 5.85. The zero-order valence-corrected chi connectivity index (χ0v) is 10.8.